The molecule has 21 heavy (non-hydrogen) atoms. The molecule has 0 aromatic rings. The van der Waals surface area contributed by atoms with Crippen LogP contribution in [0.4, 0.5) is 0 Å². The topological polar surface area (TPSA) is 104 Å². The van der Waals surface area contributed by atoms with E-state index in [1.54, 1.807) is 0 Å². The van der Waals surface area contributed by atoms with Gasteiger partial charge in [-0.15, -0.1) is 0 Å². The maximum atomic E-state index is 12.6. The fourth-order valence-corrected chi connectivity index (χ4v) is 4.66. The number of rotatable bonds is 3. The SMILES string of the molecule is CC1CC(C(=O)N2CCS(=O)(=O)CC2CC(=O)O)CCN1. The molecule has 2 N–H and O–H groups in total. The molecular weight excluding hydrogens is 296 g/mol. The van der Waals surface area contributed by atoms with Crippen molar-refractivity contribution in [1.29, 1.82) is 0 Å². The Labute approximate surface area is 124 Å². The first-order valence-corrected chi connectivity index (χ1v) is 9.06. The van der Waals surface area contributed by atoms with Crippen LogP contribution in [0.25, 0.3) is 0 Å². The molecule has 2 aliphatic heterocycles. The highest BCUT2D eigenvalue weighted by molar-refractivity contribution is 7.91. The molecule has 3 unspecified atom stereocenters. The molecule has 7 nitrogen and oxygen atoms in total. The lowest BCUT2D eigenvalue weighted by molar-refractivity contribution is -0.142. The van der Waals surface area contributed by atoms with Gasteiger partial charge in [0.25, 0.3) is 0 Å². The highest BCUT2D eigenvalue weighted by atomic mass is 32.2. The molecule has 3 atom stereocenters. The summed E-state index contributed by atoms with van der Waals surface area (Å²) < 4.78 is 23.4. The van der Waals surface area contributed by atoms with Crippen molar-refractivity contribution in [1.82, 2.24) is 10.2 Å². The Hall–Kier alpha value is -1.15. The summed E-state index contributed by atoms with van der Waals surface area (Å²) in [6.07, 6.45) is 1.11. The van der Waals surface area contributed by atoms with Gasteiger partial charge in [0.1, 0.15) is 0 Å². The average Bonchev–Trinajstić information content (AvgIpc) is 2.36. The van der Waals surface area contributed by atoms with Crippen LogP contribution < -0.4 is 5.32 Å². The fourth-order valence-electron chi connectivity index (χ4n) is 3.14. The second-order valence-corrected chi connectivity index (χ2v) is 8.20. The van der Waals surface area contributed by atoms with Gasteiger partial charge >= 0.3 is 5.97 Å². The van der Waals surface area contributed by atoms with E-state index < -0.39 is 21.8 Å². The first-order valence-electron chi connectivity index (χ1n) is 7.24. The lowest BCUT2D eigenvalue weighted by Gasteiger charge is -2.38. The lowest BCUT2D eigenvalue weighted by Crippen LogP contribution is -2.55. The molecule has 2 fully saturated rings. The van der Waals surface area contributed by atoms with Gasteiger partial charge in [-0.1, -0.05) is 0 Å². The molecule has 2 rings (SSSR count). The normalized spacial score (nSPS) is 32.6. The Kier molecular flexibility index (Phi) is 4.88. The summed E-state index contributed by atoms with van der Waals surface area (Å²) in [5, 5.41) is 12.2. The third-order valence-electron chi connectivity index (χ3n) is 4.20. The molecule has 0 radical (unpaired) electrons. The van der Waals surface area contributed by atoms with Crippen LogP contribution in [-0.2, 0) is 19.4 Å². The Morgan fingerprint density at radius 1 is 1.38 bits per heavy atom. The molecule has 0 aliphatic carbocycles. The molecule has 0 bridgehead atoms. The third kappa shape index (κ3) is 4.16. The first kappa shape index (κ1) is 16.2. The molecule has 2 aliphatic rings. The minimum absolute atomic E-state index is 0.0740. The molecule has 0 aromatic heterocycles. The zero-order chi connectivity index (χ0) is 15.6. The van der Waals surface area contributed by atoms with E-state index in [0.717, 1.165) is 6.54 Å². The summed E-state index contributed by atoms with van der Waals surface area (Å²) in [5.74, 6) is -1.63. The third-order valence-corrected chi connectivity index (χ3v) is 5.89. The van der Waals surface area contributed by atoms with Crippen LogP contribution in [0.5, 0.6) is 0 Å². The Bertz CT molecular complexity index is 519. The van der Waals surface area contributed by atoms with Crippen LogP contribution in [0.2, 0.25) is 0 Å². The number of carbonyl (C=O) groups excluding carboxylic acids is 1. The van der Waals surface area contributed by atoms with Crippen molar-refractivity contribution in [3.63, 3.8) is 0 Å². The maximum Gasteiger partial charge on any atom is 0.305 e. The highest BCUT2D eigenvalue weighted by Crippen LogP contribution is 2.23. The van der Waals surface area contributed by atoms with Crippen molar-refractivity contribution in [2.45, 2.75) is 38.3 Å². The van der Waals surface area contributed by atoms with Crippen LogP contribution in [0.3, 0.4) is 0 Å². The van der Waals surface area contributed by atoms with Gasteiger partial charge in [0.2, 0.25) is 5.91 Å². The van der Waals surface area contributed by atoms with E-state index in [1.165, 1.54) is 4.90 Å². The van der Waals surface area contributed by atoms with Gasteiger partial charge in [0.15, 0.2) is 9.84 Å². The summed E-state index contributed by atoms with van der Waals surface area (Å²) in [6.45, 7) is 2.87. The maximum absolute atomic E-state index is 12.6. The number of sulfone groups is 1. The van der Waals surface area contributed by atoms with Crippen LogP contribution in [-0.4, -0.2) is 67.0 Å². The number of nitrogens with zero attached hydrogens (tertiary/aromatic N) is 1. The molecule has 2 heterocycles. The molecule has 120 valence electrons. The minimum atomic E-state index is -3.26. The largest absolute Gasteiger partial charge is 0.481 e. The van der Waals surface area contributed by atoms with Crippen molar-refractivity contribution >= 4 is 21.7 Å². The second-order valence-electron chi connectivity index (χ2n) is 5.97. The number of aliphatic carboxylic acids is 1. The standard InChI is InChI=1S/C13H22N2O5S/c1-9-6-10(2-3-14-9)13(18)15-4-5-21(19,20)8-11(15)7-12(16)17/h9-11,14H,2-8H2,1H3,(H,16,17). The van der Waals surface area contributed by atoms with E-state index in [-0.39, 0.29) is 42.3 Å². The molecule has 0 saturated carbocycles. The Morgan fingerprint density at radius 3 is 2.71 bits per heavy atom. The molecule has 0 spiro atoms. The average molecular weight is 318 g/mol. The van der Waals surface area contributed by atoms with Crippen LogP contribution >= 0.6 is 0 Å². The predicted octanol–water partition coefficient (Wildman–Crippen LogP) is -0.525. The van der Waals surface area contributed by atoms with E-state index >= 15 is 0 Å². The number of nitrogens with one attached hydrogen (secondary N) is 1. The van der Waals surface area contributed by atoms with E-state index in [0.29, 0.717) is 12.8 Å². The van der Waals surface area contributed by atoms with Gasteiger partial charge in [0, 0.05) is 18.5 Å². The number of piperidine rings is 1. The monoisotopic (exact) mass is 318 g/mol. The number of amides is 1. The number of hydrogen-bond donors (Lipinski definition) is 2. The van der Waals surface area contributed by atoms with Crippen molar-refractivity contribution < 1.29 is 23.1 Å². The summed E-state index contributed by atoms with van der Waals surface area (Å²) in [7, 11) is -3.26. The minimum Gasteiger partial charge on any atom is -0.481 e. The van der Waals surface area contributed by atoms with E-state index in [9.17, 15) is 18.0 Å². The zero-order valence-electron chi connectivity index (χ0n) is 12.1. The first-order chi connectivity index (χ1) is 9.78. The van der Waals surface area contributed by atoms with Crippen LogP contribution in [0, 0.1) is 5.92 Å². The summed E-state index contributed by atoms with van der Waals surface area (Å²) in [5.41, 5.74) is 0. The fraction of sp³-hybridized carbons (Fsp3) is 0.846. The number of carbonyl (C=O) groups is 2. The smallest absolute Gasteiger partial charge is 0.305 e. The van der Waals surface area contributed by atoms with Crippen molar-refractivity contribution in [2.75, 3.05) is 24.6 Å². The Morgan fingerprint density at radius 2 is 2.10 bits per heavy atom. The molecule has 2 saturated heterocycles. The molecule has 8 heteroatoms. The Balaban J connectivity index is 2.11. The quantitative estimate of drug-likeness (QED) is 0.725. The highest BCUT2D eigenvalue weighted by Gasteiger charge is 2.38. The van der Waals surface area contributed by atoms with Gasteiger partial charge in [-0.3, -0.25) is 9.59 Å². The lowest BCUT2D eigenvalue weighted by atomic mass is 9.91. The second kappa shape index (κ2) is 6.31. The summed E-state index contributed by atoms with van der Waals surface area (Å²) in [6, 6.07) is -0.488. The van der Waals surface area contributed by atoms with Crippen LogP contribution in [0.1, 0.15) is 26.2 Å². The number of carboxylic acid groups (broad SMARTS) is 1. The van der Waals surface area contributed by atoms with E-state index in [2.05, 4.69) is 5.32 Å². The molecular formula is C13H22N2O5S. The number of hydrogen-bond acceptors (Lipinski definition) is 5. The summed E-state index contributed by atoms with van der Waals surface area (Å²) >= 11 is 0. The van der Waals surface area contributed by atoms with Crippen LogP contribution in [0.15, 0.2) is 0 Å². The molecule has 0 aromatic carbocycles. The van der Waals surface area contributed by atoms with Gasteiger partial charge in [-0.2, -0.15) is 0 Å². The molecule has 1 amide bonds. The van der Waals surface area contributed by atoms with E-state index in [1.807, 2.05) is 6.92 Å². The van der Waals surface area contributed by atoms with Crippen molar-refractivity contribution in [3.05, 3.63) is 0 Å². The van der Waals surface area contributed by atoms with Gasteiger partial charge < -0.3 is 15.3 Å². The zero-order valence-corrected chi connectivity index (χ0v) is 12.9. The van der Waals surface area contributed by atoms with E-state index in [4.69, 9.17) is 5.11 Å². The number of carboxylic acids is 1. The van der Waals surface area contributed by atoms with Gasteiger partial charge in [-0.05, 0) is 26.3 Å². The van der Waals surface area contributed by atoms with Crippen molar-refractivity contribution in [2.24, 2.45) is 5.92 Å². The summed E-state index contributed by atoms with van der Waals surface area (Å²) in [4.78, 5) is 25.0. The van der Waals surface area contributed by atoms with Gasteiger partial charge in [-0.25, -0.2) is 8.42 Å². The predicted molar refractivity (Wildman–Crippen MR) is 76.6 cm³/mol. The van der Waals surface area contributed by atoms with Crippen molar-refractivity contribution in [3.8, 4) is 0 Å². The van der Waals surface area contributed by atoms with Gasteiger partial charge in [0.05, 0.1) is 24.0 Å².